The molecule has 1 heterocycles. The number of ether oxygens (including phenoxy) is 1. The largest absolute Gasteiger partial charge is 1.00 e. The van der Waals surface area contributed by atoms with Gasteiger partial charge in [0.15, 0.2) is 5.78 Å². The number of carbonyl (C=O) groups is 2. The first-order valence-corrected chi connectivity index (χ1v) is 15.7. The average molecular weight is 602 g/mol. The zero-order valence-electron chi connectivity index (χ0n) is 26.6. The minimum Gasteiger partial charge on any atom is -0.550 e. The second-order valence-corrected chi connectivity index (χ2v) is 11.4. The molecule has 0 spiro atoms. The number of nitrogens with zero attached hydrogens (tertiary/aromatic N) is 1. The van der Waals surface area contributed by atoms with Gasteiger partial charge in [-0.05, 0) is 112 Å². The standard InChI is InChI=1S/C38H45NO4.Na/c1-3-36-35(27-33(39(36)2)21-12-22-37(40)41)38(42)32-23-25-34(26-24-32)43-28-31(19-10-17-29-13-6-4-7-14-29)20-11-18-30-15-8-5-9-16-30;/h4-9,13-16,23-27,31H,3,10-12,17-22,28H2,1-2H3,(H,40,41);/q;+1/p-1. The first-order valence-electron chi connectivity index (χ1n) is 15.7. The number of ketones is 1. The number of carbonyl (C=O) groups excluding carboxylic acids is 2. The Kier molecular flexibility index (Phi) is 15.0. The Morgan fingerprint density at radius 3 is 1.89 bits per heavy atom. The third kappa shape index (κ3) is 10.8. The van der Waals surface area contributed by atoms with E-state index < -0.39 is 5.97 Å². The molecule has 0 fully saturated rings. The third-order valence-electron chi connectivity index (χ3n) is 8.29. The van der Waals surface area contributed by atoms with E-state index in [0.717, 1.165) is 62.1 Å². The summed E-state index contributed by atoms with van der Waals surface area (Å²) in [5, 5.41) is 10.8. The van der Waals surface area contributed by atoms with Crippen LogP contribution in [0.2, 0.25) is 0 Å². The Labute approximate surface area is 285 Å². The van der Waals surface area contributed by atoms with Gasteiger partial charge in [0.05, 0.1) is 6.61 Å². The number of aromatic nitrogens is 1. The number of hydrogen-bond acceptors (Lipinski definition) is 4. The average Bonchev–Trinajstić information content (AvgIpc) is 3.35. The van der Waals surface area contributed by atoms with E-state index in [1.807, 2.05) is 48.9 Å². The Hall–Kier alpha value is -3.12. The van der Waals surface area contributed by atoms with Gasteiger partial charge in [-0.25, -0.2) is 0 Å². The molecule has 1 aromatic heterocycles. The summed E-state index contributed by atoms with van der Waals surface area (Å²) in [5.74, 6) is 0.166. The number of hydrogen-bond donors (Lipinski definition) is 0. The van der Waals surface area contributed by atoms with Gasteiger partial charge in [0.2, 0.25) is 0 Å². The van der Waals surface area contributed by atoms with Crippen molar-refractivity contribution in [2.24, 2.45) is 13.0 Å². The molecule has 226 valence electrons. The van der Waals surface area contributed by atoms with Gasteiger partial charge in [0, 0.05) is 35.5 Å². The van der Waals surface area contributed by atoms with Crippen LogP contribution in [-0.4, -0.2) is 22.9 Å². The van der Waals surface area contributed by atoms with Crippen LogP contribution in [0.25, 0.3) is 0 Å². The molecule has 44 heavy (non-hydrogen) atoms. The number of carboxylic acids is 1. The Balaban J connectivity index is 0.00000529. The Morgan fingerprint density at radius 1 is 0.795 bits per heavy atom. The van der Waals surface area contributed by atoms with E-state index in [0.29, 0.717) is 36.5 Å². The summed E-state index contributed by atoms with van der Waals surface area (Å²) in [6, 6.07) is 30.7. The van der Waals surface area contributed by atoms with Crippen molar-refractivity contribution < 1.29 is 49.0 Å². The van der Waals surface area contributed by atoms with E-state index >= 15 is 0 Å². The summed E-state index contributed by atoms with van der Waals surface area (Å²) in [4.78, 5) is 24.3. The van der Waals surface area contributed by atoms with Crippen LogP contribution >= 0.6 is 0 Å². The van der Waals surface area contributed by atoms with Crippen molar-refractivity contribution in [3.63, 3.8) is 0 Å². The van der Waals surface area contributed by atoms with Gasteiger partial charge in [-0.1, -0.05) is 67.6 Å². The topological polar surface area (TPSA) is 71.4 Å². The molecule has 4 aromatic rings. The number of rotatable bonds is 18. The summed E-state index contributed by atoms with van der Waals surface area (Å²) < 4.78 is 8.30. The summed E-state index contributed by atoms with van der Waals surface area (Å²) in [7, 11) is 1.94. The molecule has 3 aromatic carbocycles. The molecular formula is C38H44NNaO4. The molecule has 0 aliphatic heterocycles. The van der Waals surface area contributed by atoms with Gasteiger partial charge in [0.1, 0.15) is 5.75 Å². The van der Waals surface area contributed by atoms with E-state index in [2.05, 4.69) is 60.7 Å². The number of aryl methyl sites for hydroxylation is 3. The van der Waals surface area contributed by atoms with Crippen LogP contribution in [0.4, 0.5) is 0 Å². The van der Waals surface area contributed by atoms with Gasteiger partial charge in [-0.3, -0.25) is 4.79 Å². The fourth-order valence-electron chi connectivity index (χ4n) is 5.84. The van der Waals surface area contributed by atoms with Crippen molar-refractivity contribution >= 4 is 11.8 Å². The van der Waals surface area contributed by atoms with Gasteiger partial charge >= 0.3 is 29.6 Å². The molecule has 0 radical (unpaired) electrons. The molecule has 5 nitrogen and oxygen atoms in total. The van der Waals surface area contributed by atoms with Crippen LogP contribution in [-0.2, 0) is 37.5 Å². The quantitative estimate of drug-likeness (QED) is 0.128. The van der Waals surface area contributed by atoms with E-state index in [9.17, 15) is 14.7 Å². The monoisotopic (exact) mass is 601 g/mol. The second kappa shape index (κ2) is 18.6. The van der Waals surface area contributed by atoms with E-state index in [4.69, 9.17) is 4.74 Å². The van der Waals surface area contributed by atoms with Gasteiger partial charge < -0.3 is 19.2 Å². The summed E-state index contributed by atoms with van der Waals surface area (Å²) in [6.07, 6.45) is 8.44. The molecule has 0 aliphatic rings. The van der Waals surface area contributed by atoms with E-state index in [-0.39, 0.29) is 41.8 Å². The molecule has 4 rings (SSSR count). The third-order valence-corrected chi connectivity index (χ3v) is 8.29. The molecule has 0 N–H and O–H groups in total. The first-order chi connectivity index (χ1) is 20.9. The van der Waals surface area contributed by atoms with Crippen LogP contribution < -0.4 is 39.4 Å². The van der Waals surface area contributed by atoms with Crippen LogP contribution in [0.5, 0.6) is 5.75 Å². The second-order valence-electron chi connectivity index (χ2n) is 11.4. The molecular weight excluding hydrogens is 557 g/mol. The normalized spacial score (nSPS) is 10.9. The zero-order valence-corrected chi connectivity index (χ0v) is 28.6. The van der Waals surface area contributed by atoms with Gasteiger partial charge in [-0.2, -0.15) is 0 Å². The molecule has 0 unspecified atom stereocenters. The van der Waals surface area contributed by atoms with Crippen molar-refractivity contribution in [2.45, 2.75) is 71.1 Å². The van der Waals surface area contributed by atoms with Crippen molar-refractivity contribution in [3.05, 3.63) is 125 Å². The minimum atomic E-state index is -1.05. The van der Waals surface area contributed by atoms with Crippen LogP contribution in [0.3, 0.4) is 0 Å². The molecule has 0 aliphatic carbocycles. The predicted molar refractivity (Wildman–Crippen MR) is 170 cm³/mol. The summed E-state index contributed by atoms with van der Waals surface area (Å²) >= 11 is 0. The molecule has 0 saturated heterocycles. The molecule has 0 saturated carbocycles. The van der Waals surface area contributed by atoms with E-state index in [1.54, 1.807) is 0 Å². The number of aliphatic carboxylic acids is 1. The number of benzene rings is 3. The maximum atomic E-state index is 13.5. The van der Waals surface area contributed by atoms with Crippen LogP contribution in [0.15, 0.2) is 91.0 Å². The fourth-order valence-corrected chi connectivity index (χ4v) is 5.84. The predicted octanol–water partition coefficient (Wildman–Crippen LogP) is 3.94. The van der Waals surface area contributed by atoms with Crippen molar-refractivity contribution in [1.82, 2.24) is 4.57 Å². The summed E-state index contributed by atoms with van der Waals surface area (Å²) in [6.45, 7) is 2.69. The first kappa shape index (κ1) is 35.4. The van der Waals surface area contributed by atoms with Crippen molar-refractivity contribution in [2.75, 3.05) is 6.61 Å². The zero-order chi connectivity index (χ0) is 30.4. The Morgan fingerprint density at radius 2 is 1.36 bits per heavy atom. The van der Waals surface area contributed by atoms with Crippen LogP contribution in [0, 0.1) is 5.92 Å². The SMILES string of the molecule is CCc1c(C(=O)c2ccc(OCC(CCCc3ccccc3)CCCc3ccccc3)cc2)cc(CCCC(=O)[O-])n1C.[Na+]. The molecule has 0 amide bonds. The van der Waals surface area contributed by atoms with Crippen molar-refractivity contribution in [3.8, 4) is 5.75 Å². The van der Waals surface area contributed by atoms with E-state index in [1.165, 1.54) is 11.1 Å². The molecule has 0 atom stereocenters. The van der Waals surface area contributed by atoms with Crippen molar-refractivity contribution in [1.29, 1.82) is 0 Å². The van der Waals surface area contributed by atoms with Crippen LogP contribution in [0.1, 0.15) is 83.9 Å². The van der Waals surface area contributed by atoms with Gasteiger partial charge in [0.25, 0.3) is 0 Å². The molecule has 6 heteroatoms. The maximum Gasteiger partial charge on any atom is 1.00 e. The molecule has 0 bridgehead atoms. The van der Waals surface area contributed by atoms with Gasteiger partial charge in [-0.15, -0.1) is 0 Å². The fraction of sp³-hybridized carbons (Fsp3) is 0.368. The Bertz CT molecular complexity index is 1390. The smallest absolute Gasteiger partial charge is 0.550 e. The minimum absolute atomic E-state index is 0. The maximum absolute atomic E-state index is 13.5. The number of carboxylic acid groups (broad SMARTS) is 1. The summed E-state index contributed by atoms with van der Waals surface area (Å²) in [5.41, 5.74) is 5.98.